The lowest BCUT2D eigenvalue weighted by atomic mass is 9.75. The fourth-order valence-electron chi connectivity index (χ4n) is 4.10. The van der Waals surface area contributed by atoms with E-state index >= 15 is 0 Å². The van der Waals surface area contributed by atoms with Gasteiger partial charge in [-0.25, -0.2) is 0 Å². The van der Waals surface area contributed by atoms with Crippen molar-refractivity contribution < 1.29 is 0 Å². The lowest BCUT2D eigenvalue weighted by Crippen LogP contribution is -2.39. The monoisotopic (exact) mass is 236 g/mol. The summed E-state index contributed by atoms with van der Waals surface area (Å²) in [5.74, 6) is 4.06. The summed E-state index contributed by atoms with van der Waals surface area (Å²) >= 11 is 0. The van der Waals surface area contributed by atoms with E-state index in [-0.39, 0.29) is 0 Å². The van der Waals surface area contributed by atoms with E-state index in [1.54, 1.807) is 0 Å². The molecule has 3 aliphatic rings. The number of nitrogens with zero attached hydrogens (tertiary/aromatic N) is 1. The van der Waals surface area contributed by atoms with Gasteiger partial charge in [-0.2, -0.15) is 0 Å². The van der Waals surface area contributed by atoms with Crippen LogP contribution in [0.2, 0.25) is 0 Å². The second-order valence-electron chi connectivity index (χ2n) is 7.59. The highest BCUT2D eigenvalue weighted by atomic mass is 15.1. The number of hydrogen-bond acceptors (Lipinski definition) is 2. The molecule has 98 valence electrons. The van der Waals surface area contributed by atoms with Gasteiger partial charge < -0.3 is 10.2 Å². The lowest BCUT2D eigenvalue weighted by molar-refractivity contribution is 0.107. The summed E-state index contributed by atoms with van der Waals surface area (Å²) in [5, 5.41) is 3.50. The van der Waals surface area contributed by atoms with E-state index in [0.717, 1.165) is 23.7 Å². The minimum absolute atomic E-state index is 0.520. The standard InChI is InChI=1S/C15H28N2/c1-15(2,3)11-4-6-17(7-5-11)10-14-12-8-16-9-13(12)14/h11-14,16H,4-10H2,1-3H3/t12-,13+,14?. The van der Waals surface area contributed by atoms with Gasteiger partial charge in [0, 0.05) is 6.54 Å². The molecule has 3 fully saturated rings. The van der Waals surface area contributed by atoms with Gasteiger partial charge in [-0.15, -0.1) is 0 Å². The lowest BCUT2D eigenvalue weighted by Gasteiger charge is -2.39. The predicted octanol–water partition coefficient (Wildman–Crippen LogP) is 2.21. The molecule has 0 aromatic carbocycles. The van der Waals surface area contributed by atoms with Crippen LogP contribution in [0.15, 0.2) is 0 Å². The first-order valence-corrected chi connectivity index (χ1v) is 7.49. The summed E-state index contributed by atoms with van der Waals surface area (Å²) in [6, 6.07) is 0. The quantitative estimate of drug-likeness (QED) is 0.791. The van der Waals surface area contributed by atoms with E-state index in [1.807, 2.05) is 0 Å². The average molecular weight is 236 g/mol. The summed E-state index contributed by atoms with van der Waals surface area (Å²) < 4.78 is 0. The van der Waals surface area contributed by atoms with Crippen molar-refractivity contribution >= 4 is 0 Å². The third-order valence-electron chi connectivity index (χ3n) is 5.55. The maximum absolute atomic E-state index is 3.50. The Morgan fingerprint density at radius 3 is 2.18 bits per heavy atom. The van der Waals surface area contributed by atoms with Crippen LogP contribution in [-0.4, -0.2) is 37.6 Å². The fourth-order valence-corrected chi connectivity index (χ4v) is 4.10. The smallest absolute Gasteiger partial charge is 0.00161 e. The number of hydrogen-bond donors (Lipinski definition) is 1. The molecule has 0 aromatic heterocycles. The van der Waals surface area contributed by atoms with Crippen LogP contribution in [-0.2, 0) is 0 Å². The first-order chi connectivity index (χ1) is 8.05. The van der Waals surface area contributed by atoms with E-state index in [1.165, 1.54) is 45.6 Å². The van der Waals surface area contributed by atoms with Crippen molar-refractivity contribution in [3.05, 3.63) is 0 Å². The molecule has 0 aromatic rings. The SMILES string of the molecule is CC(C)(C)C1CCN(CC2[C@H]3CNC[C@@H]23)CC1. The molecular weight excluding hydrogens is 208 g/mol. The van der Waals surface area contributed by atoms with Gasteiger partial charge in [-0.05, 0) is 68.1 Å². The van der Waals surface area contributed by atoms with Crippen molar-refractivity contribution in [1.29, 1.82) is 0 Å². The van der Waals surface area contributed by atoms with Gasteiger partial charge in [-0.1, -0.05) is 20.8 Å². The van der Waals surface area contributed by atoms with Crippen molar-refractivity contribution in [2.75, 3.05) is 32.7 Å². The fraction of sp³-hybridized carbons (Fsp3) is 1.00. The van der Waals surface area contributed by atoms with Crippen LogP contribution in [0, 0.1) is 29.1 Å². The minimum atomic E-state index is 0.520. The maximum Gasteiger partial charge on any atom is 0.00161 e. The maximum atomic E-state index is 3.50. The van der Waals surface area contributed by atoms with Crippen LogP contribution in [0.1, 0.15) is 33.6 Å². The summed E-state index contributed by atoms with van der Waals surface area (Å²) in [4.78, 5) is 2.74. The van der Waals surface area contributed by atoms with Gasteiger partial charge in [0.15, 0.2) is 0 Å². The largest absolute Gasteiger partial charge is 0.316 e. The second kappa shape index (κ2) is 4.24. The van der Waals surface area contributed by atoms with Crippen LogP contribution in [0.4, 0.5) is 0 Å². The molecular formula is C15H28N2. The molecule has 3 rings (SSSR count). The molecule has 2 heteroatoms. The molecule has 1 N–H and O–H groups in total. The third-order valence-corrected chi connectivity index (χ3v) is 5.55. The molecule has 2 aliphatic heterocycles. The van der Waals surface area contributed by atoms with E-state index in [9.17, 15) is 0 Å². The average Bonchev–Trinajstić information content (AvgIpc) is 2.74. The Bertz CT molecular complexity index is 263. The van der Waals surface area contributed by atoms with Crippen molar-refractivity contribution in [3.63, 3.8) is 0 Å². The molecule has 1 unspecified atom stereocenters. The van der Waals surface area contributed by atoms with Crippen LogP contribution in [0.5, 0.6) is 0 Å². The summed E-state index contributed by atoms with van der Waals surface area (Å²) in [5.41, 5.74) is 0.520. The van der Waals surface area contributed by atoms with E-state index in [0.29, 0.717) is 5.41 Å². The zero-order valence-corrected chi connectivity index (χ0v) is 11.7. The normalized spacial score (nSPS) is 39.4. The minimum Gasteiger partial charge on any atom is -0.316 e. The highest BCUT2D eigenvalue weighted by molar-refractivity contribution is 5.05. The molecule has 2 saturated heterocycles. The van der Waals surface area contributed by atoms with Gasteiger partial charge in [0.05, 0.1) is 0 Å². The molecule has 0 amide bonds. The number of nitrogens with one attached hydrogen (secondary N) is 1. The van der Waals surface area contributed by atoms with E-state index in [2.05, 4.69) is 31.0 Å². The van der Waals surface area contributed by atoms with Gasteiger partial charge in [-0.3, -0.25) is 0 Å². The Morgan fingerprint density at radius 1 is 1.06 bits per heavy atom. The molecule has 2 nitrogen and oxygen atoms in total. The van der Waals surface area contributed by atoms with Crippen LogP contribution < -0.4 is 5.32 Å². The van der Waals surface area contributed by atoms with Crippen LogP contribution >= 0.6 is 0 Å². The number of fused-ring (bicyclic) bond motifs is 1. The zero-order valence-electron chi connectivity index (χ0n) is 11.7. The molecule has 17 heavy (non-hydrogen) atoms. The first kappa shape index (κ1) is 12.0. The topological polar surface area (TPSA) is 15.3 Å². The highest BCUT2D eigenvalue weighted by Gasteiger charge is 2.52. The zero-order chi connectivity index (χ0) is 12.0. The Balaban J connectivity index is 1.43. The molecule has 2 heterocycles. The first-order valence-electron chi connectivity index (χ1n) is 7.49. The van der Waals surface area contributed by atoms with Crippen molar-refractivity contribution in [2.24, 2.45) is 29.1 Å². The predicted molar refractivity (Wildman–Crippen MR) is 72.0 cm³/mol. The van der Waals surface area contributed by atoms with Gasteiger partial charge in [0.25, 0.3) is 0 Å². The van der Waals surface area contributed by atoms with Crippen molar-refractivity contribution in [2.45, 2.75) is 33.6 Å². The summed E-state index contributed by atoms with van der Waals surface area (Å²) in [6.45, 7) is 13.9. The van der Waals surface area contributed by atoms with Crippen molar-refractivity contribution in [1.82, 2.24) is 10.2 Å². The summed E-state index contributed by atoms with van der Waals surface area (Å²) in [7, 11) is 0. The number of rotatable bonds is 2. The van der Waals surface area contributed by atoms with Gasteiger partial charge in [0.2, 0.25) is 0 Å². The highest BCUT2D eigenvalue weighted by Crippen LogP contribution is 2.49. The van der Waals surface area contributed by atoms with E-state index in [4.69, 9.17) is 0 Å². The Hall–Kier alpha value is -0.0800. The van der Waals surface area contributed by atoms with Crippen LogP contribution in [0.25, 0.3) is 0 Å². The Kier molecular flexibility index (Phi) is 2.99. The van der Waals surface area contributed by atoms with E-state index < -0.39 is 0 Å². The Morgan fingerprint density at radius 2 is 1.65 bits per heavy atom. The third kappa shape index (κ3) is 2.39. The van der Waals surface area contributed by atoms with Gasteiger partial charge >= 0.3 is 0 Å². The van der Waals surface area contributed by atoms with Crippen LogP contribution in [0.3, 0.4) is 0 Å². The number of piperidine rings is 2. The van der Waals surface area contributed by atoms with Crippen molar-refractivity contribution in [3.8, 4) is 0 Å². The Labute approximate surface area is 106 Å². The molecule has 0 spiro atoms. The second-order valence-corrected chi connectivity index (χ2v) is 7.59. The molecule has 0 radical (unpaired) electrons. The molecule has 1 saturated carbocycles. The molecule has 0 bridgehead atoms. The molecule has 3 atom stereocenters. The number of likely N-dealkylation sites (tertiary alicyclic amines) is 1. The summed E-state index contributed by atoms with van der Waals surface area (Å²) in [6.07, 6.45) is 2.84. The molecule has 1 aliphatic carbocycles. The van der Waals surface area contributed by atoms with Gasteiger partial charge in [0.1, 0.15) is 0 Å².